The number of fused-ring (bicyclic) bond motifs is 1. The van der Waals surface area contributed by atoms with Crippen molar-refractivity contribution in [3.8, 4) is 0 Å². The summed E-state index contributed by atoms with van der Waals surface area (Å²) in [7, 11) is 0. The topological polar surface area (TPSA) is 38.0 Å². The van der Waals surface area contributed by atoms with Crippen molar-refractivity contribution in [2.24, 2.45) is 0 Å². The summed E-state index contributed by atoms with van der Waals surface area (Å²) in [6.45, 7) is 6.55. The third kappa shape index (κ3) is 2.74. The molecule has 1 aromatic heterocycles. The van der Waals surface area contributed by atoms with Gasteiger partial charge in [-0.1, -0.05) is 31.2 Å². The van der Waals surface area contributed by atoms with Gasteiger partial charge in [-0.3, -0.25) is 0 Å². The maximum atomic E-state index is 9.97. The van der Waals surface area contributed by atoms with Crippen LogP contribution in [0.25, 0.3) is 11.0 Å². The van der Waals surface area contributed by atoms with Crippen LogP contribution >= 0.6 is 0 Å². The van der Waals surface area contributed by atoms with Gasteiger partial charge in [-0.2, -0.15) is 0 Å². The lowest BCUT2D eigenvalue weighted by Gasteiger charge is -2.12. The number of para-hydroxylation sites is 2. The number of hydrogen-bond donors (Lipinski definition) is 1. The molecule has 3 heteroatoms. The number of hydrogen-bond acceptors (Lipinski definition) is 2. The average molecular weight is 230 g/mol. The van der Waals surface area contributed by atoms with Gasteiger partial charge in [-0.15, -0.1) is 0 Å². The van der Waals surface area contributed by atoms with Crippen molar-refractivity contribution >= 4 is 11.0 Å². The number of aromatic nitrogens is 2. The fourth-order valence-corrected chi connectivity index (χ4v) is 1.92. The second-order valence-corrected chi connectivity index (χ2v) is 4.35. The molecule has 2 aromatic rings. The summed E-state index contributed by atoms with van der Waals surface area (Å²) in [6, 6.07) is 7.94. The van der Waals surface area contributed by atoms with E-state index in [-0.39, 0.29) is 6.10 Å². The first-order valence-corrected chi connectivity index (χ1v) is 5.95. The fourth-order valence-electron chi connectivity index (χ4n) is 1.92. The van der Waals surface area contributed by atoms with E-state index >= 15 is 0 Å². The zero-order chi connectivity index (χ0) is 12.3. The van der Waals surface area contributed by atoms with Crippen molar-refractivity contribution in [2.75, 3.05) is 0 Å². The van der Waals surface area contributed by atoms with E-state index in [9.17, 15) is 5.11 Å². The summed E-state index contributed by atoms with van der Waals surface area (Å²) in [6.07, 6.45) is 2.97. The molecule has 1 aromatic carbocycles. The molecule has 0 saturated heterocycles. The summed E-state index contributed by atoms with van der Waals surface area (Å²) in [5, 5.41) is 9.97. The molecule has 1 atom stereocenters. The molecule has 1 heterocycles. The van der Waals surface area contributed by atoms with Gasteiger partial charge in [0.2, 0.25) is 0 Å². The number of rotatable bonds is 5. The molecule has 0 fully saturated rings. The van der Waals surface area contributed by atoms with Crippen molar-refractivity contribution in [1.82, 2.24) is 9.55 Å². The van der Waals surface area contributed by atoms with Crippen LogP contribution in [0.5, 0.6) is 0 Å². The molecule has 0 aliphatic heterocycles. The Labute approximate surface area is 101 Å². The van der Waals surface area contributed by atoms with Gasteiger partial charge in [0.25, 0.3) is 0 Å². The Kier molecular flexibility index (Phi) is 3.59. The van der Waals surface area contributed by atoms with Crippen LogP contribution in [0.4, 0.5) is 0 Å². The standard InChI is InChI=1S/C14H18N2O/c1-3-11(2)8-12(17)9-16-10-15-13-6-4-5-7-14(13)16/h4-7,10,12,17H,2-3,8-9H2,1H3. The molecule has 0 aliphatic carbocycles. The minimum absolute atomic E-state index is 0.389. The average Bonchev–Trinajstić information content (AvgIpc) is 2.72. The number of aliphatic hydroxyl groups is 1. The summed E-state index contributed by atoms with van der Waals surface area (Å²) < 4.78 is 1.99. The molecule has 90 valence electrons. The summed E-state index contributed by atoms with van der Waals surface area (Å²) >= 11 is 0. The normalized spacial score (nSPS) is 12.8. The zero-order valence-corrected chi connectivity index (χ0v) is 10.1. The molecule has 0 radical (unpaired) electrons. The van der Waals surface area contributed by atoms with E-state index in [2.05, 4.69) is 18.5 Å². The number of imidazole rings is 1. The van der Waals surface area contributed by atoms with Crippen molar-refractivity contribution in [2.45, 2.75) is 32.4 Å². The Morgan fingerprint density at radius 1 is 1.47 bits per heavy atom. The van der Waals surface area contributed by atoms with Crippen molar-refractivity contribution in [1.29, 1.82) is 0 Å². The highest BCUT2D eigenvalue weighted by Crippen LogP contribution is 2.14. The van der Waals surface area contributed by atoms with Gasteiger partial charge in [-0.05, 0) is 25.0 Å². The Bertz CT molecular complexity index is 516. The van der Waals surface area contributed by atoms with Crippen LogP contribution in [0.1, 0.15) is 19.8 Å². The second kappa shape index (κ2) is 5.15. The summed E-state index contributed by atoms with van der Waals surface area (Å²) in [5.41, 5.74) is 3.12. The zero-order valence-electron chi connectivity index (χ0n) is 10.1. The second-order valence-electron chi connectivity index (χ2n) is 4.35. The molecule has 0 amide bonds. The van der Waals surface area contributed by atoms with Gasteiger partial charge in [0.15, 0.2) is 0 Å². The van der Waals surface area contributed by atoms with Crippen LogP contribution in [0.2, 0.25) is 0 Å². The van der Waals surface area contributed by atoms with Crippen molar-refractivity contribution in [3.05, 3.63) is 42.7 Å². The van der Waals surface area contributed by atoms with Gasteiger partial charge >= 0.3 is 0 Å². The monoisotopic (exact) mass is 230 g/mol. The Morgan fingerprint density at radius 2 is 2.24 bits per heavy atom. The molecular weight excluding hydrogens is 212 g/mol. The first kappa shape index (κ1) is 11.9. The van der Waals surface area contributed by atoms with E-state index < -0.39 is 0 Å². The molecule has 0 spiro atoms. The van der Waals surface area contributed by atoms with Gasteiger partial charge in [0.1, 0.15) is 0 Å². The van der Waals surface area contributed by atoms with E-state index in [0.29, 0.717) is 13.0 Å². The smallest absolute Gasteiger partial charge is 0.0959 e. The van der Waals surface area contributed by atoms with Crippen molar-refractivity contribution < 1.29 is 5.11 Å². The molecule has 1 unspecified atom stereocenters. The SMILES string of the molecule is C=C(CC)CC(O)Cn1cnc2ccccc21. The highest BCUT2D eigenvalue weighted by Gasteiger charge is 2.09. The van der Waals surface area contributed by atoms with Crippen LogP contribution in [0.3, 0.4) is 0 Å². The molecule has 3 nitrogen and oxygen atoms in total. The highest BCUT2D eigenvalue weighted by molar-refractivity contribution is 5.74. The van der Waals surface area contributed by atoms with Crippen LogP contribution in [0, 0.1) is 0 Å². The molecule has 1 N–H and O–H groups in total. The van der Waals surface area contributed by atoms with Gasteiger partial charge in [0.05, 0.1) is 30.0 Å². The van der Waals surface area contributed by atoms with Crippen molar-refractivity contribution in [3.63, 3.8) is 0 Å². The number of nitrogens with zero attached hydrogens (tertiary/aromatic N) is 2. The summed E-state index contributed by atoms with van der Waals surface area (Å²) in [5.74, 6) is 0. The van der Waals surface area contributed by atoms with Gasteiger partial charge in [-0.25, -0.2) is 4.98 Å². The Balaban J connectivity index is 2.10. The first-order chi connectivity index (χ1) is 8.20. The third-order valence-corrected chi connectivity index (χ3v) is 2.96. The molecule has 0 bridgehead atoms. The summed E-state index contributed by atoms with van der Waals surface area (Å²) in [4.78, 5) is 4.30. The molecule has 0 aliphatic rings. The van der Waals surface area contributed by atoms with Gasteiger partial charge in [0, 0.05) is 0 Å². The minimum atomic E-state index is -0.389. The number of benzene rings is 1. The van der Waals surface area contributed by atoms with E-state index in [1.807, 2.05) is 28.8 Å². The lowest BCUT2D eigenvalue weighted by molar-refractivity contribution is 0.155. The van der Waals surface area contributed by atoms with Gasteiger partial charge < -0.3 is 9.67 Å². The molecule has 0 saturated carbocycles. The van der Waals surface area contributed by atoms with E-state index in [4.69, 9.17) is 0 Å². The highest BCUT2D eigenvalue weighted by atomic mass is 16.3. The predicted octanol–water partition coefficient (Wildman–Crippen LogP) is 2.75. The lowest BCUT2D eigenvalue weighted by atomic mass is 10.1. The van der Waals surface area contributed by atoms with Crippen LogP contribution in [0.15, 0.2) is 42.7 Å². The fraction of sp³-hybridized carbons (Fsp3) is 0.357. The van der Waals surface area contributed by atoms with E-state index in [1.54, 1.807) is 6.33 Å². The molecule has 17 heavy (non-hydrogen) atoms. The maximum Gasteiger partial charge on any atom is 0.0959 e. The van der Waals surface area contributed by atoms with E-state index in [0.717, 1.165) is 23.0 Å². The van der Waals surface area contributed by atoms with Crippen LogP contribution < -0.4 is 0 Å². The maximum absolute atomic E-state index is 9.97. The lowest BCUT2D eigenvalue weighted by Crippen LogP contribution is -2.15. The molecule has 2 rings (SSSR count). The Morgan fingerprint density at radius 3 is 3.00 bits per heavy atom. The van der Waals surface area contributed by atoms with Crippen LogP contribution in [-0.2, 0) is 6.54 Å². The molecular formula is C14H18N2O. The van der Waals surface area contributed by atoms with Crippen LogP contribution in [-0.4, -0.2) is 20.8 Å². The first-order valence-electron chi connectivity index (χ1n) is 5.95. The number of aliphatic hydroxyl groups excluding tert-OH is 1. The Hall–Kier alpha value is -1.61. The quantitative estimate of drug-likeness (QED) is 0.802. The predicted molar refractivity (Wildman–Crippen MR) is 69.8 cm³/mol. The minimum Gasteiger partial charge on any atom is -0.391 e. The third-order valence-electron chi connectivity index (χ3n) is 2.96. The van der Waals surface area contributed by atoms with E-state index in [1.165, 1.54) is 0 Å². The largest absolute Gasteiger partial charge is 0.391 e.